The predicted octanol–water partition coefficient (Wildman–Crippen LogP) is 4.28. The molecule has 5 nitrogen and oxygen atoms in total. The quantitative estimate of drug-likeness (QED) is 0.362. The van der Waals surface area contributed by atoms with Gasteiger partial charge < -0.3 is 19.5 Å². The Balaban J connectivity index is 1.76. The number of benzene rings is 1. The molecule has 1 aromatic heterocycles. The number of nitrogens with zero attached hydrogens (tertiary/aromatic N) is 1. The fourth-order valence-electron chi connectivity index (χ4n) is 2.16. The van der Waals surface area contributed by atoms with E-state index in [2.05, 4.69) is 45.0 Å². The second-order valence-corrected chi connectivity index (χ2v) is 6.69. The van der Waals surface area contributed by atoms with Gasteiger partial charge in [0, 0.05) is 18.9 Å². The Kier molecular flexibility index (Phi) is 10.1. The van der Waals surface area contributed by atoms with E-state index >= 15 is 0 Å². The van der Waals surface area contributed by atoms with Crippen molar-refractivity contribution in [2.24, 2.45) is 0 Å². The first-order valence-electron chi connectivity index (χ1n) is 8.68. The van der Waals surface area contributed by atoms with Gasteiger partial charge in [-0.05, 0) is 51.9 Å². The Morgan fingerprint density at radius 3 is 2.33 bits per heavy atom. The summed E-state index contributed by atoms with van der Waals surface area (Å²) in [4.78, 5) is 4.36. The molecule has 0 aliphatic carbocycles. The highest BCUT2D eigenvalue weighted by Crippen LogP contribution is 2.20. The number of anilines is 1. The topological polar surface area (TPSA) is 52.6 Å². The van der Waals surface area contributed by atoms with Gasteiger partial charge in [0.2, 0.25) is 5.88 Å². The maximum atomic E-state index is 11.8. The van der Waals surface area contributed by atoms with Gasteiger partial charge in [0.1, 0.15) is 13.3 Å². The fourth-order valence-corrected chi connectivity index (χ4v) is 2.82. The smallest absolute Gasteiger partial charge is 0.227 e. The number of ether oxygens (including phenoxy) is 3. The zero-order valence-electron chi connectivity index (χ0n) is 15.3. The Morgan fingerprint density at radius 1 is 1.00 bits per heavy atom. The molecule has 0 saturated heterocycles. The van der Waals surface area contributed by atoms with Crippen LogP contribution in [0.2, 0.25) is 0 Å². The van der Waals surface area contributed by atoms with E-state index in [1.165, 1.54) is 0 Å². The fraction of sp³-hybridized carbons (Fsp3) is 0.350. The standard InChI is InChI=1S/C20H24FIN2O3/c1-23-18-6-4-16(5-7-18)2-3-17-14-19(22)20(24-15-17)27-13-12-26-11-10-25-9-8-21/h2-7,14-15,23H,8-13H2,1H3/b3-2+/i22-4. The summed E-state index contributed by atoms with van der Waals surface area (Å²) in [6.45, 7) is 1.29. The van der Waals surface area contributed by atoms with Gasteiger partial charge in [0.25, 0.3) is 0 Å². The molecule has 0 aliphatic heterocycles. The lowest BCUT2D eigenvalue weighted by molar-refractivity contribution is 0.0319. The predicted molar refractivity (Wildman–Crippen MR) is 115 cm³/mol. The second-order valence-electron chi connectivity index (χ2n) is 5.52. The molecule has 27 heavy (non-hydrogen) atoms. The van der Waals surface area contributed by atoms with Crippen molar-refractivity contribution in [3.63, 3.8) is 0 Å². The highest BCUT2D eigenvalue weighted by molar-refractivity contribution is 14.1. The lowest BCUT2D eigenvalue weighted by Gasteiger charge is -2.08. The Labute approximate surface area is 173 Å². The summed E-state index contributed by atoms with van der Waals surface area (Å²) < 4.78 is 28.7. The molecule has 7 heteroatoms. The monoisotopic (exact) mass is 482 g/mol. The molecule has 0 bridgehead atoms. The van der Waals surface area contributed by atoms with E-state index in [0.717, 1.165) is 20.4 Å². The first-order valence-corrected chi connectivity index (χ1v) is 9.76. The van der Waals surface area contributed by atoms with E-state index in [9.17, 15) is 4.39 Å². The minimum Gasteiger partial charge on any atom is -0.474 e. The van der Waals surface area contributed by atoms with Crippen molar-refractivity contribution in [2.45, 2.75) is 0 Å². The normalized spacial score (nSPS) is 11.1. The van der Waals surface area contributed by atoms with Crippen LogP contribution in [0.5, 0.6) is 5.88 Å². The van der Waals surface area contributed by atoms with Crippen molar-refractivity contribution < 1.29 is 18.6 Å². The molecule has 0 unspecified atom stereocenters. The van der Waals surface area contributed by atoms with Gasteiger partial charge in [-0.25, -0.2) is 9.37 Å². The lowest BCUT2D eigenvalue weighted by Crippen LogP contribution is -2.12. The number of aromatic nitrogens is 1. The summed E-state index contributed by atoms with van der Waals surface area (Å²) in [5.74, 6) is 0.586. The SMILES string of the molecule is CNc1ccc(/C=C/c2cnc(OCCOCCOCCF)c([123I])c2)cc1. The molecule has 2 rings (SSSR count). The maximum Gasteiger partial charge on any atom is 0.227 e. The molecule has 0 aliphatic rings. The van der Waals surface area contributed by atoms with Gasteiger partial charge >= 0.3 is 0 Å². The van der Waals surface area contributed by atoms with Crippen LogP contribution >= 0.6 is 22.6 Å². The average molecular weight is 482 g/mol. The van der Waals surface area contributed by atoms with Crippen LogP contribution in [0.4, 0.5) is 10.1 Å². The third-order valence-corrected chi connectivity index (χ3v) is 4.33. The summed E-state index contributed by atoms with van der Waals surface area (Å²) in [5, 5.41) is 3.10. The van der Waals surface area contributed by atoms with Crippen molar-refractivity contribution in [3.8, 4) is 5.88 Å². The maximum absolute atomic E-state index is 11.8. The number of alkyl halides is 1. The summed E-state index contributed by atoms with van der Waals surface area (Å²) in [6, 6.07) is 10.2. The summed E-state index contributed by atoms with van der Waals surface area (Å²) in [6.07, 6.45) is 5.85. The van der Waals surface area contributed by atoms with Crippen LogP contribution in [0.1, 0.15) is 11.1 Å². The minimum atomic E-state index is -0.471. The molecular weight excluding hydrogens is 458 g/mol. The van der Waals surface area contributed by atoms with Gasteiger partial charge in [-0.1, -0.05) is 24.3 Å². The molecule has 0 atom stereocenters. The first kappa shape index (κ1) is 21.6. The lowest BCUT2D eigenvalue weighted by atomic mass is 10.1. The number of halogens is 2. The second kappa shape index (κ2) is 12.6. The Bertz CT molecular complexity index is 711. The molecule has 0 fully saturated rings. The van der Waals surface area contributed by atoms with Crippen LogP contribution in [0.3, 0.4) is 0 Å². The molecular formula is C20H24FIN2O3. The van der Waals surface area contributed by atoms with Crippen LogP contribution in [-0.2, 0) is 9.47 Å². The number of pyridine rings is 1. The molecule has 2 aromatic rings. The molecule has 0 saturated carbocycles. The van der Waals surface area contributed by atoms with Crippen LogP contribution < -0.4 is 10.1 Å². The third-order valence-electron chi connectivity index (χ3n) is 3.56. The van der Waals surface area contributed by atoms with Crippen LogP contribution in [0.15, 0.2) is 36.5 Å². The van der Waals surface area contributed by atoms with Crippen LogP contribution in [-0.4, -0.2) is 51.7 Å². The number of rotatable bonds is 12. The van der Waals surface area contributed by atoms with Crippen molar-refractivity contribution in [2.75, 3.05) is 52.1 Å². The summed E-state index contributed by atoms with van der Waals surface area (Å²) in [7, 11) is 1.90. The molecule has 146 valence electrons. The van der Waals surface area contributed by atoms with Crippen molar-refractivity contribution in [3.05, 3.63) is 51.2 Å². The van der Waals surface area contributed by atoms with Gasteiger partial charge in [-0.3, -0.25) is 0 Å². The van der Waals surface area contributed by atoms with E-state index in [4.69, 9.17) is 14.2 Å². The first-order chi connectivity index (χ1) is 13.2. The van der Waals surface area contributed by atoms with Crippen molar-refractivity contribution in [1.29, 1.82) is 0 Å². The molecule has 0 radical (unpaired) electrons. The van der Waals surface area contributed by atoms with E-state index in [0.29, 0.717) is 32.3 Å². The Hall–Kier alpha value is -1.71. The molecule has 0 spiro atoms. The molecule has 1 heterocycles. The van der Waals surface area contributed by atoms with Crippen molar-refractivity contribution in [1.82, 2.24) is 4.98 Å². The van der Waals surface area contributed by atoms with E-state index in [1.54, 1.807) is 6.20 Å². The van der Waals surface area contributed by atoms with E-state index in [1.807, 2.05) is 37.4 Å². The molecule has 1 N–H and O–H groups in total. The highest BCUT2D eigenvalue weighted by Gasteiger charge is 2.03. The zero-order valence-corrected chi connectivity index (χ0v) is 17.4. The van der Waals surface area contributed by atoms with E-state index < -0.39 is 6.67 Å². The molecule has 1 aromatic carbocycles. The highest BCUT2D eigenvalue weighted by atomic mass is 123. The van der Waals surface area contributed by atoms with Gasteiger partial charge in [0.05, 0.1) is 30.0 Å². The van der Waals surface area contributed by atoms with Crippen molar-refractivity contribution >= 4 is 40.4 Å². The summed E-state index contributed by atoms with van der Waals surface area (Å²) >= 11 is 2.21. The summed E-state index contributed by atoms with van der Waals surface area (Å²) in [5.41, 5.74) is 3.21. The number of nitrogens with one attached hydrogen (secondary N) is 1. The number of hydrogen-bond acceptors (Lipinski definition) is 5. The molecule has 0 amide bonds. The largest absolute Gasteiger partial charge is 0.474 e. The van der Waals surface area contributed by atoms with Gasteiger partial charge in [-0.15, -0.1) is 0 Å². The van der Waals surface area contributed by atoms with E-state index in [-0.39, 0.29) is 6.61 Å². The van der Waals surface area contributed by atoms with Gasteiger partial charge in [-0.2, -0.15) is 0 Å². The minimum absolute atomic E-state index is 0.115. The van der Waals surface area contributed by atoms with Crippen LogP contribution in [0.25, 0.3) is 12.2 Å². The third kappa shape index (κ3) is 8.23. The average Bonchev–Trinajstić information content (AvgIpc) is 2.70. The van der Waals surface area contributed by atoms with Gasteiger partial charge in [0.15, 0.2) is 0 Å². The Morgan fingerprint density at radius 2 is 1.67 bits per heavy atom. The zero-order chi connectivity index (χ0) is 19.3. The van der Waals surface area contributed by atoms with Crippen LogP contribution in [0, 0.1) is 3.57 Å². The number of hydrogen-bond donors (Lipinski definition) is 1.